The van der Waals surface area contributed by atoms with E-state index in [0.29, 0.717) is 23.8 Å². The number of hydrogen-bond donors (Lipinski definition) is 0. The second kappa shape index (κ2) is 5.79. The standard InChI is InChI=1S/C23H23N3/c1-26-15-20-12-18-14-25-23(20,19-9-7-17(13-24)8-10-19)22(26)21(18)11-16-5-3-2-4-6-16/h2-10,14,18,20-22H,11-12,15H2,1H3/t18-,20-,21+,22-,23-/m0/s1. The second-order valence-electron chi connectivity index (χ2n) is 8.13. The van der Waals surface area contributed by atoms with E-state index in [-0.39, 0.29) is 5.54 Å². The first-order valence-electron chi connectivity index (χ1n) is 9.52. The van der Waals surface area contributed by atoms with Gasteiger partial charge in [-0.25, -0.2) is 0 Å². The van der Waals surface area contributed by atoms with Crippen molar-refractivity contribution in [3.8, 4) is 6.07 Å². The van der Waals surface area contributed by atoms with Gasteiger partial charge < -0.3 is 0 Å². The third-order valence-corrected chi connectivity index (χ3v) is 6.84. The van der Waals surface area contributed by atoms with Gasteiger partial charge in [0, 0.05) is 24.7 Å². The average molecular weight is 341 g/mol. The highest BCUT2D eigenvalue weighted by atomic mass is 15.2. The highest BCUT2D eigenvalue weighted by Gasteiger charge is 2.63. The van der Waals surface area contributed by atoms with Gasteiger partial charge in [-0.05, 0) is 55.0 Å². The third-order valence-electron chi connectivity index (χ3n) is 6.84. The molecule has 3 heteroatoms. The van der Waals surface area contributed by atoms with Crippen LogP contribution in [0.25, 0.3) is 0 Å². The van der Waals surface area contributed by atoms with Gasteiger partial charge in [0.25, 0.3) is 0 Å². The van der Waals surface area contributed by atoms with Crippen molar-refractivity contribution in [1.82, 2.24) is 4.90 Å². The van der Waals surface area contributed by atoms with E-state index in [9.17, 15) is 0 Å². The van der Waals surface area contributed by atoms with Crippen LogP contribution in [0.15, 0.2) is 59.6 Å². The summed E-state index contributed by atoms with van der Waals surface area (Å²) in [6.45, 7) is 1.11. The van der Waals surface area contributed by atoms with Gasteiger partial charge in [-0.3, -0.25) is 9.89 Å². The molecule has 3 nitrogen and oxygen atoms in total. The lowest BCUT2D eigenvalue weighted by atomic mass is 9.58. The summed E-state index contributed by atoms with van der Waals surface area (Å²) in [6.07, 6.45) is 4.58. The van der Waals surface area contributed by atoms with Crippen LogP contribution in [0, 0.1) is 29.1 Å². The van der Waals surface area contributed by atoms with E-state index < -0.39 is 0 Å². The molecule has 0 spiro atoms. The van der Waals surface area contributed by atoms with Crippen LogP contribution >= 0.6 is 0 Å². The first kappa shape index (κ1) is 15.8. The fourth-order valence-corrected chi connectivity index (χ4v) is 5.84. The van der Waals surface area contributed by atoms with Crippen molar-refractivity contribution in [1.29, 1.82) is 5.26 Å². The summed E-state index contributed by atoms with van der Waals surface area (Å²) in [6, 6.07) is 21.7. The Balaban J connectivity index is 1.58. The molecule has 2 aromatic rings. The fraction of sp³-hybridized carbons (Fsp3) is 0.391. The van der Waals surface area contributed by atoms with Gasteiger partial charge in [0.05, 0.1) is 11.6 Å². The van der Waals surface area contributed by atoms with Crippen LogP contribution in [0.4, 0.5) is 0 Å². The van der Waals surface area contributed by atoms with Gasteiger partial charge >= 0.3 is 0 Å². The molecule has 0 amide bonds. The molecular formula is C23H23N3. The Morgan fingerprint density at radius 3 is 2.65 bits per heavy atom. The molecule has 0 unspecified atom stereocenters. The number of hydrogen-bond acceptors (Lipinski definition) is 3. The molecule has 2 fully saturated rings. The third kappa shape index (κ3) is 2.12. The van der Waals surface area contributed by atoms with Crippen molar-refractivity contribution in [2.45, 2.75) is 24.4 Å². The highest BCUT2D eigenvalue weighted by molar-refractivity contribution is 5.67. The van der Waals surface area contributed by atoms with E-state index in [1.165, 1.54) is 17.5 Å². The molecule has 1 aliphatic carbocycles. The van der Waals surface area contributed by atoms with Gasteiger partial charge in [0.1, 0.15) is 5.54 Å². The minimum atomic E-state index is -0.142. The maximum absolute atomic E-state index is 9.14. The van der Waals surface area contributed by atoms with Gasteiger partial charge in [-0.15, -0.1) is 0 Å². The molecule has 26 heavy (non-hydrogen) atoms. The van der Waals surface area contributed by atoms with Crippen LogP contribution in [0.5, 0.6) is 0 Å². The zero-order valence-corrected chi connectivity index (χ0v) is 15.0. The average Bonchev–Trinajstić information content (AvgIpc) is 2.93. The van der Waals surface area contributed by atoms with Gasteiger partial charge in [-0.1, -0.05) is 42.5 Å². The highest BCUT2D eigenvalue weighted by Crippen LogP contribution is 2.58. The zero-order valence-electron chi connectivity index (χ0n) is 15.0. The number of benzene rings is 2. The Kier molecular flexibility index (Phi) is 3.52. The number of likely N-dealkylation sites (tertiary alicyclic amines) is 1. The summed E-state index contributed by atoms with van der Waals surface area (Å²) in [5.74, 6) is 1.75. The summed E-state index contributed by atoms with van der Waals surface area (Å²) in [7, 11) is 2.27. The van der Waals surface area contributed by atoms with Crippen molar-refractivity contribution in [2.75, 3.05) is 13.6 Å². The predicted molar refractivity (Wildman–Crippen MR) is 103 cm³/mol. The number of nitrogens with zero attached hydrogens (tertiary/aromatic N) is 3. The molecule has 0 aromatic heterocycles. The van der Waals surface area contributed by atoms with Crippen LogP contribution in [0.3, 0.4) is 0 Å². The van der Waals surface area contributed by atoms with Gasteiger partial charge in [0.2, 0.25) is 0 Å². The van der Waals surface area contributed by atoms with Crippen molar-refractivity contribution in [3.63, 3.8) is 0 Å². The van der Waals surface area contributed by atoms with E-state index >= 15 is 0 Å². The Morgan fingerprint density at radius 2 is 1.92 bits per heavy atom. The molecular weight excluding hydrogens is 318 g/mol. The van der Waals surface area contributed by atoms with Crippen LogP contribution in [0.2, 0.25) is 0 Å². The van der Waals surface area contributed by atoms with Crippen LogP contribution in [-0.2, 0) is 12.0 Å². The van der Waals surface area contributed by atoms with Crippen molar-refractivity contribution in [2.24, 2.45) is 22.7 Å². The topological polar surface area (TPSA) is 39.4 Å². The molecule has 5 atom stereocenters. The smallest absolute Gasteiger partial charge is 0.105 e. The summed E-state index contributed by atoms with van der Waals surface area (Å²) >= 11 is 0. The lowest BCUT2D eigenvalue weighted by Gasteiger charge is -2.52. The maximum atomic E-state index is 9.14. The summed E-state index contributed by atoms with van der Waals surface area (Å²) in [5.41, 5.74) is 3.28. The van der Waals surface area contributed by atoms with Crippen molar-refractivity contribution in [3.05, 3.63) is 71.3 Å². The van der Waals surface area contributed by atoms with E-state index in [1.54, 1.807) is 0 Å². The molecule has 4 aliphatic rings. The fourth-order valence-electron chi connectivity index (χ4n) is 5.84. The molecule has 0 N–H and O–H groups in total. The zero-order chi connectivity index (χ0) is 17.7. The van der Waals surface area contributed by atoms with Gasteiger partial charge in [-0.2, -0.15) is 5.26 Å². The van der Waals surface area contributed by atoms with Crippen molar-refractivity contribution >= 4 is 6.21 Å². The normalized spacial score (nSPS) is 34.8. The number of likely N-dealkylation sites (N-methyl/N-ethyl adjacent to an activating group) is 1. The Hall–Kier alpha value is -2.44. The van der Waals surface area contributed by atoms with E-state index in [2.05, 4.69) is 66.7 Å². The SMILES string of the molecule is CN1C[C@@H]2C[C@H]3C=N[C@]2(c2ccc(C#N)cc2)[C@@H]1[C@@H]3Cc1ccccc1. The Labute approximate surface area is 155 Å². The second-order valence-corrected chi connectivity index (χ2v) is 8.13. The van der Waals surface area contributed by atoms with E-state index in [1.807, 2.05) is 12.1 Å². The summed E-state index contributed by atoms with van der Waals surface area (Å²) in [4.78, 5) is 7.72. The lowest BCUT2D eigenvalue weighted by molar-refractivity contribution is 0.0811. The number of rotatable bonds is 3. The van der Waals surface area contributed by atoms with Gasteiger partial charge in [0.15, 0.2) is 0 Å². The molecule has 3 heterocycles. The Bertz CT molecular complexity index is 880. The molecule has 1 saturated carbocycles. The molecule has 130 valence electrons. The molecule has 2 aromatic carbocycles. The molecule has 6 rings (SSSR count). The lowest BCUT2D eigenvalue weighted by Crippen LogP contribution is -2.57. The van der Waals surface area contributed by atoms with Crippen LogP contribution in [-0.4, -0.2) is 30.7 Å². The summed E-state index contributed by atoms with van der Waals surface area (Å²) in [5, 5.41) is 9.14. The minimum Gasteiger partial charge on any atom is -0.300 e. The summed E-state index contributed by atoms with van der Waals surface area (Å²) < 4.78 is 0. The Morgan fingerprint density at radius 1 is 1.15 bits per heavy atom. The van der Waals surface area contributed by atoms with E-state index in [4.69, 9.17) is 10.3 Å². The van der Waals surface area contributed by atoms with Crippen LogP contribution in [0.1, 0.15) is 23.1 Å². The van der Waals surface area contributed by atoms with Crippen molar-refractivity contribution < 1.29 is 0 Å². The maximum Gasteiger partial charge on any atom is 0.105 e. The predicted octanol–water partition coefficient (Wildman–Crippen LogP) is 3.65. The quantitative estimate of drug-likeness (QED) is 0.855. The van der Waals surface area contributed by atoms with E-state index in [0.717, 1.165) is 18.5 Å². The minimum absolute atomic E-state index is 0.142. The molecule has 3 aliphatic heterocycles. The first-order valence-corrected chi connectivity index (χ1v) is 9.52. The largest absolute Gasteiger partial charge is 0.300 e. The molecule has 1 saturated heterocycles. The first-order chi connectivity index (χ1) is 12.7. The molecule has 0 radical (unpaired) electrons. The number of nitriles is 1. The monoisotopic (exact) mass is 341 g/mol. The number of aliphatic imine (C=N–C) groups is 1. The molecule has 4 bridgehead atoms. The van der Waals surface area contributed by atoms with Crippen LogP contribution < -0.4 is 0 Å².